The van der Waals surface area contributed by atoms with Crippen LogP contribution < -0.4 is 10.1 Å². The van der Waals surface area contributed by atoms with Gasteiger partial charge in [-0.1, -0.05) is 31.9 Å². The van der Waals surface area contributed by atoms with Gasteiger partial charge in [-0.3, -0.25) is 4.79 Å². The van der Waals surface area contributed by atoms with E-state index in [1.54, 1.807) is 4.52 Å². The van der Waals surface area contributed by atoms with Gasteiger partial charge in [-0.25, -0.2) is 14.3 Å². The van der Waals surface area contributed by atoms with E-state index in [0.717, 1.165) is 60.4 Å². The quantitative estimate of drug-likeness (QED) is 0.249. The van der Waals surface area contributed by atoms with Crippen LogP contribution in [0.15, 0.2) is 35.6 Å². The number of nitrogens with one attached hydrogen (secondary N) is 1. The summed E-state index contributed by atoms with van der Waals surface area (Å²) in [5, 5.41) is 18.5. The molecule has 1 unspecified atom stereocenters. The molecule has 10 heteroatoms. The summed E-state index contributed by atoms with van der Waals surface area (Å²) < 4.78 is 13.9. The number of hydrogen-bond acceptors (Lipinski definition) is 8. The van der Waals surface area contributed by atoms with Crippen molar-refractivity contribution < 1.29 is 24.2 Å². The van der Waals surface area contributed by atoms with Crippen molar-refractivity contribution in [1.29, 1.82) is 0 Å². The standard InChI is InChI=1S/C32H41N5O5/c1-5-24-17-23(10-11-28(24)41-15-14-33-22(4)38)12-13-32(25-8-6-7-9-25)19-27(39)26(30(40)42-32)18-29-35-31-34-20(2)16-21(3)37(31)36-29/h10-11,16-17,25,39H,5-9,12-15,18-19H2,1-4H3,(H,33,38). The molecule has 0 saturated heterocycles. The molecular formula is C32H41N5O5. The van der Waals surface area contributed by atoms with Gasteiger partial charge in [0, 0.05) is 31.2 Å². The molecule has 1 aliphatic heterocycles. The Morgan fingerprint density at radius 1 is 1.21 bits per heavy atom. The van der Waals surface area contributed by atoms with Crippen LogP contribution in [0.4, 0.5) is 0 Å². The number of esters is 1. The van der Waals surface area contributed by atoms with Gasteiger partial charge in [0.1, 0.15) is 23.7 Å². The Labute approximate surface area is 246 Å². The second-order valence-electron chi connectivity index (χ2n) is 11.6. The Kier molecular flexibility index (Phi) is 8.80. The van der Waals surface area contributed by atoms with Crippen LogP contribution in [0.25, 0.3) is 5.78 Å². The minimum Gasteiger partial charge on any atom is -0.512 e. The zero-order valence-corrected chi connectivity index (χ0v) is 25.0. The number of aryl methyl sites for hydroxylation is 4. The minimum atomic E-state index is -0.747. The number of nitrogens with zero attached hydrogens (tertiary/aromatic N) is 4. The molecule has 1 aliphatic carbocycles. The lowest BCUT2D eigenvalue weighted by Crippen LogP contribution is -2.46. The average molecular weight is 576 g/mol. The van der Waals surface area contributed by atoms with Gasteiger partial charge in [0.25, 0.3) is 5.78 Å². The molecule has 2 aromatic heterocycles. The molecule has 2 N–H and O–H groups in total. The molecule has 1 amide bonds. The third-order valence-corrected chi connectivity index (χ3v) is 8.53. The molecule has 1 saturated carbocycles. The number of carbonyl (C=O) groups excluding carboxylic acids is 2. The first-order valence-corrected chi connectivity index (χ1v) is 15.0. The molecule has 224 valence electrons. The van der Waals surface area contributed by atoms with Crippen LogP contribution in [0.2, 0.25) is 0 Å². The number of benzene rings is 1. The maximum atomic E-state index is 13.5. The zero-order chi connectivity index (χ0) is 29.9. The van der Waals surface area contributed by atoms with Gasteiger partial charge in [0.05, 0.1) is 12.1 Å². The summed E-state index contributed by atoms with van der Waals surface area (Å²) in [7, 11) is 0. The number of carbonyl (C=O) groups is 2. The van der Waals surface area contributed by atoms with Crippen molar-refractivity contribution >= 4 is 17.7 Å². The van der Waals surface area contributed by atoms with Gasteiger partial charge in [0.15, 0.2) is 5.82 Å². The first kappa shape index (κ1) is 29.5. The van der Waals surface area contributed by atoms with Crippen LogP contribution in [0.5, 0.6) is 5.75 Å². The minimum absolute atomic E-state index is 0.0772. The van der Waals surface area contributed by atoms with Crippen molar-refractivity contribution in [2.24, 2.45) is 5.92 Å². The molecule has 2 aliphatic rings. The molecule has 3 heterocycles. The van der Waals surface area contributed by atoms with Crippen LogP contribution in [0.3, 0.4) is 0 Å². The van der Waals surface area contributed by atoms with Crippen molar-refractivity contribution in [2.45, 2.75) is 91.1 Å². The fourth-order valence-electron chi connectivity index (χ4n) is 6.38. The Hall–Kier alpha value is -3.95. The van der Waals surface area contributed by atoms with E-state index < -0.39 is 11.6 Å². The van der Waals surface area contributed by atoms with Crippen LogP contribution in [0, 0.1) is 19.8 Å². The predicted molar refractivity (Wildman–Crippen MR) is 157 cm³/mol. The number of aliphatic hydroxyl groups is 1. The van der Waals surface area contributed by atoms with E-state index in [2.05, 4.69) is 33.4 Å². The molecule has 3 aromatic rings. The molecule has 1 fully saturated rings. The second kappa shape index (κ2) is 12.5. The summed E-state index contributed by atoms with van der Waals surface area (Å²) >= 11 is 0. The molecule has 0 bridgehead atoms. The van der Waals surface area contributed by atoms with Gasteiger partial charge in [0.2, 0.25) is 5.91 Å². The highest BCUT2D eigenvalue weighted by atomic mass is 16.6. The molecule has 5 rings (SSSR count). The smallest absolute Gasteiger partial charge is 0.338 e. The first-order valence-electron chi connectivity index (χ1n) is 15.0. The molecule has 1 atom stereocenters. The topological polar surface area (TPSA) is 128 Å². The van der Waals surface area contributed by atoms with Crippen LogP contribution >= 0.6 is 0 Å². The third kappa shape index (κ3) is 6.42. The second-order valence-corrected chi connectivity index (χ2v) is 11.6. The predicted octanol–water partition coefficient (Wildman–Crippen LogP) is 4.68. The monoisotopic (exact) mass is 575 g/mol. The summed E-state index contributed by atoms with van der Waals surface area (Å²) in [6.45, 7) is 8.27. The fourth-order valence-corrected chi connectivity index (χ4v) is 6.38. The Balaban J connectivity index is 1.32. The summed E-state index contributed by atoms with van der Waals surface area (Å²) in [6, 6.07) is 8.10. The lowest BCUT2D eigenvalue weighted by molar-refractivity contribution is -0.167. The van der Waals surface area contributed by atoms with Gasteiger partial charge in [-0.2, -0.15) is 4.98 Å². The molecule has 0 spiro atoms. The summed E-state index contributed by atoms with van der Waals surface area (Å²) in [6.07, 6.45) is 6.70. The summed E-state index contributed by atoms with van der Waals surface area (Å²) in [5.74, 6) is 1.43. The Morgan fingerprint density at radius 3 is 2.71 bits per heavy atom. The Bertz CT molecular complexity index is 1510. The van der Waals surface area contributed by atoms with Crippen LogP contribution in [0.1, 0.15) is 80.7 Å². The van der Waals surface area contributed by atoms with E-state index >= 15 is 0 Å². The maximum Gasteiger partial charge on any atom is 0.338 e. The van der Waals surface area contributed by atoms with Gasteiger partial charge < -0.3 is 19.9 Å². The molecule has 10 nitrogen and oxygen atoms in total. The van der Waals surface area contributed by atoms with Gasteiger partial charge >= 0.3 is 5.97 Å². The largest absolute Gasteiger partial charge is 0.512 e. The van der Waals surface area contributed by atoms with E-state index in [-0.39, 0.29) is 29.6 Å². The molecular weight excluding hydrogens is 534 g/mol. The number of cyclic esters (lactones) is 1. The van der Waals surface area contributed by atoms with Crippen molar-refractivity contribution in [2.75, 3.05) is 13.2 Å². The molecule has 1 aromatic carbocycles. The third-order valence-electron chi connectivity index (χ3n) is 8.53. The number of aromatic nitrogens is 4. The number of ether oxygens (including phenoxy) is 2. The van der Waals surface area contributed by atoms with E-state index in [4.69, 9.17) is 9.47 Å². The van der Waals surface area contributed by atoms with E-state index in [1.807, 2.05) is 32.0 Å². The highest BCUT2D eigenvalue weighted by molar-refractivity contribution is 5.90. The number of fused-ring (bicyclic) bond motifs is 1. The first-order chi connectivity index (χ1) is 20.2. The Morgan fingerprint density at radius 2 is 2.00 bits per heavy atom. The van der Waals surface area contributed by atoms with Gasteiger partial charge in [-0.15, -0.1) is 5.10 Å². The normalized spacial score (nSPS) is 19.4. The van der Waals surface area contributed by atoms with E-state index in [0.29, 0.717) is 44.0 Å². The van der Waals surface area contributed by atoms with Crippen molar-refractivity contribution in [3.05, 3.63) is 63.9 Å². The highest BCUT2D eigenvalue weighted by Gasteiger charge is 2.48. The number of aliphatic hydroxyl groups excluding tert-OH is 1. The van der Waals surface area contributed by atoms with Gasteiger partial charge in [-0.05, 0) is 75.1 Å². The van der Waals surface area contributed by atoms with Crippen molar-refractivity contribution in [1.82, 2.24) is 24.9 Å². The average Bonchev–Trinajstić information content (AvgIpc) is 3.63. The van der Waals surface area contributed by atoms with Crippen molar-refractivity contribution in [3.8, 4) is 5.75 Å². The fraction of sp³-hybridized carbons (Fsp3) is 0.531. The lowest BCUT2D eigenvalue weighted by Gasteiger charge is -2.41. The van der Waals surface area contributed by atoms with Crippen LogP contribution in [-0.4, -0.2) is 55.3 Å². The summed E-state index contributed by atoms with van der Waals surface area (Å²) in [4.78, 5) is 33.5. The van der Waals surface area contributed by atoms with Crippen LogP contribution in [-0.2, 0) is 33.6 Å². The van der Waals surface area contributed by atoms with E-state index in [9.17, 15) is 14.7 Å². The summed E-state index contributed by atoms with van der Waals surface area (Å²) in [5.41, 5.74) is 3.45. The lowest BCUT2D eigenvalue weighted by atomic mass is 9.76. The number of rotatable bonds is 11. The molecule has 0 radical (unpaired) electrons. The maximum absolute atomic E-state index is 13.5. The van der Waals surface area contributed by atoms with E-state index in [1.165, 1.54) is 6.92 Å². The molecule has 42 heavy (non-hydrogen) atoms. The highest BCUT2D eigenvalue weighted by Crippen LogP contribution is 2.46. The number of amides is 1. The van der Waals surface area contributed by atoms with Crippen molar-refractivity contribution in [3.63, 3.8) is 0 Å². The number of hydrogen-bond donors (Lipinski definition) is 2. The zero-order valence-electron chi connectivity index (χ0n) is 25.0. The SMILES string of the molecule is CCc1cc(CCC2(C3CCCC3)CC(O)=C(Cc3nc4nc(C)cc(C)n4n3)C(=O)O2)ccc1OCCNC(C)=O.